The fraction of sp³-hybridized carbons (Fsp3) is 0.292. The number of nitrogens with zero attached hydrogens (tertiary/aromatic N) is 2. The Bertz CT molecular complexity index is 1160. The summed E-state index contributed by atoms with van der Waals surface area (Å²) >= 11 is 1.66. The molecule has 7 nitrogen and oxygen atoms in total. The Kier molecular flexibility index (Phi) is 7.26. The molecule has 2 N–H and O–H groups in total. The molecular weight excluding hydrogens is 426 g/mol. The van der Waals surface area contributed by atoms with Gasteiger partial charge in [0, 0.05) is 25.7 Å². The summed E-state index contributed by atoms with van der Waals surface area (Å²) in [5.74, 6) is 2.11. The lowest BCUT2D eigenvalue weighted by molar-refractivity contribution is 0.105. The number of aryl methyl sites for hydroxylation is 1. The van der Waals surface area contributed by atoms with E-state index in [0.29, 0.717) is 36.9 Å². The zero-order chi connectivity index (χ0) is 22.3. The first-order chi connectivity index (χ1) is 15.7. The van der Waals surface area contributed by atoms with Crippen LogP contribution in [-0.4, -0.2) is 54.4 Å². The van der Waals surface area contributed by atoms with Gasteiger partial charge in [-0.15, -0.1) is 11.3 Å². The number of rotatable bonds is 11. The molecule has 0 amide bonds. The number of aliphatic hydroxyl groups excluding tert-OH is 1. The van der Waals surface area contributed by atoms with Crippen LogP contribution in [-0.2, 0) is 7.05 Å². The number of para-hydroxylation sites is 3. The molecular formula is C24H27N3O4S. The average molecular weight is 454 g/mol. The smallest absolute Gasteiger partial charge is 0.161 e. The number of nitrogens with one attached hydrogen (secondary N) is 1. The quantitative estimate of drug-likeness (QED) is 0.337. The number of hydrogen-bond acceptors (Lipinski definition) is 7. The third-order valence-corrected chi connectivity index (χ3v) is 5.93. The summed E-state index contributed by atoms with van der Waals surface area (Å²) in [6.45, 7) is 1.64. The Hall–Kier alpha value is -3.07. The maximum absolute atomic E-state index is 10.3. The van der Waals surface area contributed by atoms with E-state index in [9.17, 15) is 5.11 Å². The van der Waals surface area contributed by atoms with E-state index in [2.05, 4.69) is 21.9 Å². The highest BCUT2D eigenvalue weighted by atomic mass is 32.1. The van der Waals surface area contributed by atoms with E-state index < -0.39 is 6.10 Å². The van der Waals surface area contributed by atoms with Gasteiger partial charge in [-0.05, 0) is 35.7 Å². The van der Waals surface area contributed by atoms with Gasteiger partial charge < -0.3 is 24.6 Å². The van der Waals surface area contributed by atoms with Crippen LogP contribution in [0.4, 0.5) is 0 Å². The first-order valence-corrected chi connectivity index (χ1v) is 11.3. The van der Waals surface area contributed by atoms with E-state index in [4.69, 9.17) is 14.2 Å². The normalized spacial score (nSPS) is 12.1. The SMILES string of the molecule is COc1ccccc1OCCNCC(O)COc1ccccc1-c1nn(C)c2ccsc12. The van der Waals surface area contributed by atoms with Gasteiger partial charge in [0.05, 0.1) is 17.3 Å². The van der Waals surface area contributed by atoms with Crippen LogP contribution in [0.5, 0.6) is 17.2 Å². The molecule has 0 aliphatic rings. The molecule has 32 heavy (non-hydrogen) atoms. The third-order valence-electron chi connectivity index (χ3n) is 5.02. The zero-order valence-corrected chi connectivity index (χ0v) is 19.0. The molecule has 0 fully saturated rings. The fourth-order valence-corrected chi connectivity index (χ4v) is 4.35. The molecule has 0 aliphatic heterocycles. The Labute approximate surface area is 191 Å². The van der Waals surface area contributed by atoms with Gasteiger partial charge >= 0.3 is 0 Å². The second-order valence-corrected chi connectivity index (χ2v) is 8.19. The van der Waals surface area contributed by atoms with E-state index in [1.165, 1.54) is 0 Å². The van der Waals surface area contributed by atoms with Crippen LogP contribution in [0.2, 0.25) is 0 Å². The Morgan fingerprint density at radius 1 is 1.03 bits per heavy atom. The van der Waals surface area contributed by atoms with E-state index in [1.54, 1.807) is 18.4 Å². The van der Waals surface area contributed by atoms with Crippen molar-refractivity contribution >= 4 is 21.6 Å². The van der Waals surface area contributed by atoms with Crippen LogP contribution in [0.3, 0.4) is 0 Å². The topological polar surface area (TPSA) is 77.8 Å². The minimum Gasteiger partial charge on any atom is -0.493 e. The zero-order valence-electron chi connectivity index (χ0n) is 18.2. The van der Waals surface area contributed by atoms with Crippen LogP contribution in [0.15, 0.2) is 60.0 Å². The monoisotopic (exact) mass is 453 g/mol. The lowest BCUT2D eigenvalue weighted by Gasteiger charge is -2.15. The van der Waals surface area contributed by atoms with Gasteiger partial charge in [0.2, 0.25) is 0 Å². The summed E-state index contributed by atoms with van der Waals surface area (Å²) < 4.78 is 20.0. The van der Waals surface area contributed by atoms with Crippen molar-refractivity contribution in [3.8, 4) is 28.5 Å². The summed E-state index contributed by atoms with van der Waals surface area (Å²) in [7, 11) is 3.56. The summed E-state index contributed by atoms with van der Waals surface area (Å²) in [5.41, 5.74) is 2.92. The first-order valence-electron chi connectivity index (χ1n) is 10.4. The predicted molar refractivity (Wildman–Crippen MR) is 127 cm³/mol. The number of aliphatic hydroxyl groups is 1. The molecule has 0 saturated carbocycles. The maximum Gasteiger partial charge on any atom is 0.161 e. The van der Waals surface area contributed by atoms with Gasteiger partial charge in [-0.1, -0.05) is 24.3 Å². The lowest BCUT2D eigenvalue weighted by Crippen LogP contribution is -2.33. The van der Waals surface area contributed by atoms with Crippen LogP contribution in [0.1, 0.15) is 0 Å². The summed E-state index contributed by atoms with van der Waals surface area (Å²) in [5, 5.41) is 20.3. The molecule has 1 atom stereocenters. The first kappa shape index (κ1) is 22.1. The molecule has 2 heterocycles. The molecule has 168 valence electrons. The molecule has 8 heteroatoms. The predicted octanol–water partition coefficient (Wildman–Crippen LogP) is 3.72. The maximum atomic E-state index is 10.3. The van der Waals surface area contributed by atoms with Gasteiger partial charge in [0.25, 0.3) is 0 Å². The minimum absolute atomic E-state index is 0.178. The van der Waals surface area contributed by atoms with E-state index in [0.717, 1.165) is 21.5 Å². The number of hydrogen-bond donors (Lipinski definition) is 2. The molecule has 0 spiro atoms. The standard InChI is InChI=1S/C24H27N3O4S/c1-27-19-11-14-32-24(19)23(26-27)18-7-3-4-8-20(18)31-16-17(28)15-25-12-13-30-22-10-6-5-9-21(22)29-2/h3-11,14,17,25,28H,12-13,15-16H2,1-2H3. The second kappa shape index (κ2) is 10.5. The molecule has 0 aliphatic carbocycles. The van der Waals surface area contributed by atoms with Gasteiger partial charge in [0.1, 0.15) is 30.8 Å². The van der Waals surface area contributed by atoms with Crippen LogP contribution >= 0.6 is 11.3 Å². The number of fused-ring (bicyclic) bond motifs is 1. The average Bonchev–Trinajstić information content (AvgIpc) is 3.42. The molecule has 0 radical (unpaired) electrons. The highest BCUT2D eigenvalue weighted by molar-refractivity contribution is 7.17. The molecule has 2 aromatic heterocycles. The van der Waals surface area contributed by atoms with Gasteiger partial charge in [-0.3, -0.25) is 4.68 Å². The Balaban J connectivity index is 1.27. The Morgan fingerprint density at radius 2 is 1.78 bits per heavy atom. The number of benzene rings is 2. The van der Waals surface area contributed by atoms with Crippen LogP contribution in [0, 0.1) is 0 Å². The van der Waals surface area contributed by atoms with Crippen molar-refractivity contribution in [3.05, 3.63) is 60.0 Å². The summed E-state index contributed by atoms with van der Waals surface area (Å²) in [6.07, 6.45) is -0.653. The van der Waals surface area contributed by atoms with Crippen molar-refractivity contribution < 1.29 is 19.3 Å². The summed E-state index contributed by atoms with van der Waals surface area (Å²) in [6, 6.07) is 17.4. The van der Waals surface area contributed by atoms with Crippen molar-refractivity contribution in [1.82, 2.24) is 15.1 Å². The molecule has 2 aromatic carbocycles. The largest absolute Gasteiger partial charge is 0.493 e. The van der Waals surface area contributed by atoms with Gasteiger partial charge in [0.15, 0.2) is 11.5 Å². The van der Waals surface area contributed by atoms with E-state index in [1.807, 2.05) is 60.3 Å². The fourth-order valence-electron chi connectivity index (χ4n) is 3.43. The molecule has 4 rings (SSSR count). The summed E-state index contributed by atoms with van der Waals surface area (Å²) in [4.78, 5) is 0. The second-order valence-electron chi connectivity index (χ2n) is 7.27. The lowest BCUT2D eigenvalue weighted by atomic mass is 10.1. The van der Waals surface area contributed by atoms with Crippen molar-refractivity contribution in [2.75, 3.05) is 33.4 Å². The van der Waals surface area contributed by atoms with E-state index >= 15 is 0 Å². The molecule has 4 aromatic rings. The highest BCUT2D eigenvalue weighted by Crippen LogP contribution is 2.36. The minimum atomic E-state index is -0.653. The van der Waals surface area contributed by atoms with Crippen molar-refractivity contribution in [3.63, 3.8) is 0 Å². The number of aromatic nitrogens is 2. The highest BCUT2D eigenvalue weighted by Gasteiger charge is 2.16. The van der Waals surface area contributed by atoms with Gasteiger partial charge in [-0.25, -0.2) is 0 Å². The number of thiophene rings is 1. The Morgan fingerprint density at radius 3 is 2.59 bits per heavy atom. The van der Waals surface area contributed by atoms with Crippen LogP contribution < -0.4 is 19.5 Å². The van der Waals surface area contributed by atoms with Gasteiger partial charge in [-0.2, -0.15) is 5.10 Å². The van der Waals surface area contributed by atoms with Crippen molar-refractivity contribution in [2.24, 2.45) is 7.05 Å². The molecule has 0 saturated heterocycles. The third kappa shape index (κ3) is 5.04. The number of ether oxygens (including phenoxy) is 3. The molecule has 0 bridgehead atoms. The van der Waals surface area contributed by atoms with Crippen molar-refractivity contribution in [2.45, 2.75) is 6.10 Å². The van der Waals surface area contributed by atoms with Crippen LogP contribution in [0.25, 0.3) is 21.5 Å². The number of methoxy groups -OCH3 is 1. The molecule has 1 unspecified atom stereocenters. The van der Waals surface area contributed by atoms with Crippen molar-refractivity contribution in [1.29, 1.82) is 0 Å². The van der Waals surface area contributed by atoms with E-state index in [-0.39, 0.29) is 6.61 Å².